The number of aromatic nitrogens is 3. The molecule has 10 nitrogen and oxygen atoms in total. The van der Waals surface area contributed by atoms with Crippen LogP contribution in [0.5, 0.6) is 0 Å². The van der Waals surface area contributed by atoms with Crippen LogP contribution in [0.4, 0.5) is 10.5 Å². The number of fused-ring (bicyclic) bond motifs is 2. The Labute approximate surface area is 227 Å². The standard InChI is InChI=1S/C27H36N6O4S/c1-19-14-28-20(2)17-37-26(34)7-4-12-33-15-23(30-31-33)18-36-24(19)16-32(3)27(35)29-22-10-8-21(9-11-22)25-6-5-13-38-25/h5-6,8-11,13,15,19-20,24,28H,4,7,12,14,16-18H2,1-3H3,(H,29,35)/t19-,20-,24-/m1/s1. The van der Waals surface area contributed by atoms with Crippen LogP contribution in [0.25, 0.3) is 10.4 Å². The van der Waals surface area contributed by atoms with Crippen molar-refractivity contribution in [1.29, 1.82) is 0 Å². The van der Waals surface area contributed by atoms with Crippen LogP contribution in [0.15, 0.2) is 48.0 Å². The molecule has 11 heteroatoms. The molecule has 1 aliphatic rings. The second kappa shape index (κ2) is 13.5. The zero-order valence-electron chi connectivity index (χ0n) is 22.1. The van der Waals surface area contributed by atoms with E-state index in [9.17, 15) is 9.59 Å². The zero-order valence-corrected chi connectivity index (χ0v) is 22.9. The van der Waals surface area contributed by atoms with Gasteiger partial charge in [0.15, 0.2) is 0 Å². The third-order valence-electron chi connectivity index (χ3n) is 6.46. The molecule has 0 radical (unpaired) electrons. The minimum absolute atomic E-state index is 0.000715. The summed E-state index contributed by atoms with van der Waals surface area (Å²) in [5.74, 6) is -0.148. The first-order chi connectivity index (χ1) is 18.4. The van der Waals surface area contributed by atoms with Gasteiger partial charge in [0.25, 0.3) is 0 Å². The quantitative estimate of drug-likeness (QED) is 0.481. The number of hydrogen-bond acceptors (Lipinski definition) is 8. The van der Waals surface area contributed by atoms with Gasteiger partial charge >= 0.3 is 12.0 Å². The Morgan fingerprint density at radius 3 is 2.84 bits per heavy atom. The highest BCUT2D eigenvalue weighted by Gasteiger charge is 2.24. The smallest absolute Gasteiger partial charge is 0.321 e. The van der Waals surface area contributed by atoms with Gasteiger partial charge in [-0.2, -0.15) is 0 Å². The van der Waals surface area contributed by atoms with Gasteiger partial charge in [-0.3, -0.25) is 9.48 Å². The molecule has 0 aliphatic carbocycles. The van der Waals surface area contributed by atoms with E-state index in [1.165, 1.54) is 4.88 Å². The highest BCUT2D eigenvalue weighted by Crippen LogP contribution is 2.26. The number of esters is 1. The topological polar surface area (TPSA) is 111 Å². The van der Waals surface area contributed by atoms with Crippen LogP contribution >= 0.6 is 11.3 Å². The molecule has 0 unspecified atom stereocenters. The average Bonchev–Trinajstić information content (AvgIpc) is 3.61. The highest BCUT2D eigenvalue weighted by atomic mass is 32.1. The number of thiophene rings is 1. The van der Waals surface area contributed by atoms with Crippen molar-refractivity contribution >= 4 is 29.0 Å². The Kier molecular flexibility index (Phi) is 9.85. The molecule has 2 aromatic heterocycles. The molecule has 1 aliphatic heterocycles. The number of anilines is 1. The summed E-state index contributed by atoms with van der Waals surface area (Å²) in [6.45, 7) is 6.24. The largest absolute Gasteiger partial charge is 0.464 e. The first kappa shape index (κ1) is 27.7. The molecule has 4 rings (SSSR count). The lowest BCUT2D eigenvalue weighted by Crippen LogP contribution is -2.44. The van der Waals surface area contributed by atoms with Crippen LogP contribution in [0, 0.1) is 5.92 Å². The Balaban J connectivity index is 1.38. The van der Waals surface area contributed by atoms with Gasteiger partial charge in [-0.25, -0.2) is 4.79 Å². The minimum Gasteiger partial charge on any atom is -0.464 e. The van der Waals surface area contributed by atoms with E-state index >= 15 is 0 Å². The van der Waals surface area contributed by atoms with Gasteiger partial charge in [-0.1, -0.05) is 30.3 Å². The minimum atomic E-state index is -0.257. The van der Waals surface area contributed by atoms with Crippen LogP contribution in [-0.2, 0) is 27.4 Å². The Bertz CT molecular complexity index is 1170. The summed E-state index contributed by atoms with van der Waals surface area (Å²) in [5, 5.41) is 16.8. The van der Waals surface area contributed by atoms with E-state index in [1.807, 2.05) is 48.8 Å². The number of rotatable bonds is 4. The van der Waals surface area contributed by atoms with Crippen molar-refractivity contribution in [3.05, 3.63) is 53.7 Å². The lowest BCUT2D eigenvalue weighted by atomic mass is 10.0. The van der Waals surface area contributed by atoms with E-state index in [0.29, 0.717) is 44.8 Å². The van der Waals surface area contributed by atoms with Gasteiger partial charge in [-0.05, 0) is 48.4 Å². The Morgan fingerprint density at radius 1 is 1.26 bits per heavy atom. The molecule has 2 bridgehead atoms. The van der Waals surface area contributed by atoms with Crippen LogP contribution in [0.3, 0.4) is 0 Å². The molecule has 2 amide bonds. The normalized spacial score (nSPS) is 21.4. The fourth-order valence-corrected chi connectivity index (χ4v) is 4.82. The van der Waals surface area contributed by atoms with Crippen molar-refractivity contribution in [1.82, 2.24) is 25.2 Å². The van der Waals surface area contributed by atoms with Gasteiger partial charge < -0.3 is 25.0 Å². The molecule has 3 atom stereocenters. The fraction of sp³-hybridized carbons (Fsp3) is 0.481. The average molecular weight is 541 g/mol. The van der Waals surface area contributed by atoms with Crippen molar-refractivity contribution < 1.29 is 19.1 Å². The molecule has 3 aromatic rings. The maximum absolute atomic E-state index is 13.0. The molecule has 0 saturated heterocycles. The van der Waals surface area contributed by atoms with Gasteiger partial charge in [0.05, 0.1) is 18.9 Å². The van der Waals surface area contributed by atoms with E-state index < -0.39 is 0 Å². The monoisotopic (exact) mass is 540 g/mol. The van der Waals surface area contributed by atoms with E-state index in [1.54, 1.807) is 28.0 Å². The number of hydrogen-bond donors (Lipinski definition) is 2. The number of urea groups is 1. The van der Waals surface area contributed by atoms with Gasteiger partial charge in [0.1, 0.15) is 12.3 Å². The van der Waals surface area contributed by atoms with Crippen LogP contribution in [-0.4, -0.2) is 70.8 Å². The van der Waals surface area contributed by atoms with E-state index in [0.717, 1.165) is 11.3 Å². The van der Waals surface area contributed by atoms with E-state index in [-0.39, 0.29) is 36.7 Å². The van der Waals surface area contributed by atoms with E-state index in [2.05, 4.69) is 33.9 Å². The molecule has 0 fully saturated rings. The van der Waals surface area contributed by atoms with Crippen LogP contribution in [0.1, 0.15) is 32.4 Å². The van der Waals surface area contributed by atoms with Gasteiger partial charge in [-0.15, -0.1) is 16.4 Å². The van der Waals surface area contributed by atoms with Crippen molar-refractivity contribution in [2.45, 2.75) is 52.0 Å². The lowest BCUT2D eigenvalue weighted by molar-refractivity contribution is -0.144. The van der Waals surface area contributed by atoms with Gasteiger partial charge in [0.2, 0.25) is 0 Å². The third kappa shape index (κ3) is 8.11. The second-order valence-corrected chi connectivity index (χ2v) is 10.7. The number of cyclic esters (lactones) is 1. The summed E-state index contributed by atoms with van der Waals surface area (Å²) in [6.07, 6.45) is 2.53. The fourth-order valence-electron chi connectivity index (χ4n) is 4.09. The summed E-state index contributed by atoms with van der Waals surface area (Å²) < 4.78 is 13.4. The molecule has 0 spiro atoms. The molecule has 3 heterocycles. The predicted octanol–water partition coefficient (Wildman–Crippen LogP) is 4.01. The number of carbonyl (C=O) groups is 2. The first-order valence-corrected chi connectivity index (χ1v) is 13.8. The number of amides is 2. The zero-order chi connectivity index (χ0) is 26.9. The Morgan fingerprint density at radius 2 is 2.08 bits per heavy atom. The SMILES string of the molecule is C[C@@H]1COC(=O)CCCn2cc(nn2)CO[C@H](CN(C)C(=O)Nc2ccc(-c3cccs3)cc2)[C@H](C)CN1. The van der Waals surface area contributed by atoms with Crippen molar-refractivity contribution in [2.24, 2.45) is 5.92 Å². The van der Waals surface area contributed by atoms with Crippen molar-refractivity contribution in [3.63, 3.8) is 0 Å². The molecular formula is C27H36N6O4S. The van der Waals surface area contributed by atoms with Crippen molar-refractivity contribution in [3.8, 4) is 10.4 Å². The highest BCUT2D eigenvalue weighted by molar-refractivity contribution is 7.13. The van der Waals surface area contributed by atoms with Gasteiger partial charge in [0, 0.05) is 49.7 Å². The first-order valence-electron chi connectivity index (χ1n) is 12.9. The lowest BCUT2D eigenvalue weighted by Gasteiger charge is -2.30. The number of nitrogens with one attached hydrogen (secondary N) is 2. The third-order valence-corrected chi connectivity index (χ3v) is 7.38. The molecule has 204 valence electrons. The number of benzene rings is 1. The van der Waals surface area contributed by atoms with Crippen LogP contribution < -0.4 is 10.6 Å². The van der Waals surface area contributed by atoms with Crippen molar-refractivity contribution in [2.75, 3.05) is 32.1 Å². The number of ether oxygens (including phenoxy) is 2. The predicted molar refractivity (Wildman–Crippen MR) is 147 cm³/mol. The maximum atomic E-state index is 13.0. The molecule has 0 saturated carbocycles. The molecule has 38 heavy (non-hydrogen) atoms. The number of nitrogens with zero attached hydrogens (tertiary/aromatic N) is 4. The summed E-state index contributed by atoms with van der Waals surface area (Å²) in [5.41, 5.74) is 2.56. The molecule has 1 aromatic carbocycles. The summed E-state index contributed by atoms with van der Waals surface area (Å²) >= 11 is 1.68. The molecule has 2 N–H and O–H groups in total. The number of carbonyl (C=O) groups excluding carboxylic acids is 2. The molecular weight excluding hydrogens is 504 g/mol. The summed E-state index contributed by atoms with van der Waals surface area (Å²) in [7, 11) is 1.76. The second-order valence-electron chi connectivity index (χ2n) is 9.76. The summed E-state index contributed by atoms with van der Waals surface area (Å²) in [4.78, 5) is 27.8. The maximum Gasteiger partial charge on any atom is 0.321 e. The Hall–Kier alpha value is -3.28. The van der Waals surface area contributed by atoms with Crippen LogP contribution in [0.2, 0.25) is 0 Å². The number of likely N-dealkylation sites (N-methyl/N-ethyl adjacent to an activating group) is 1. The van der Waals surface area contributed by atoms with E-state index in [4.69, 9.17) is 9.47 Å². The summed E-state index contributed by atoms with van der Waals surface area (Å²) in [6, 6.07) is 11.7. The number of aryl methyl sites for hydroxylation is 1.